The molecule has 1 heterocycles. The van der Waals surface area contributed by atoms with E-state index in [0.717, 1.165) is 0 Å². The maximum Gasteiger partial charge on any atom is 0.250 e. The van der Waals surface area contributed by atoms with Gasteiger partial charge in [-0.25, -0.2) is 4.39 Å². The van der Waals surface area contributed by atoms with Gasteiger partial charge in [0.2, 0.25) is 5.88 Å². The van der Waals surface area contributed by atoms with Crippen molar-refractivity contribution in [1.29, 1.82) is 5.41 Å². The lowest BCUT2D eigenvalue weighted by Gasteiger charge is -2.12. The molecule has 0 spiro atoms. The molecule has 104 valence electrons. The summed E-state index contributed by atoms with van der Waals surface area (Å²) in [5, 5.41) is 15.3. The summed E-state index contributed by atoms with van der Waals surface area (Å²) < 4.78 is 18.6. The van der Waals surface area contributed by atoms with Gasteiger partial charge in [0, 0.05) is 6.07 Å². The number of halogens is 2. The highest BCUT2D eigenvalue weighted by Gasteiger charge is 2.16. The van der Waals surface area contributed by atoms with Crippen molar-refractivity contribution in [2.24, 2.45) is 5.73 Å². The van der Waals surface area contributed by atoms with Crippen molar-refractivity contribution in [1.82, 2.24) is 10.2 Å². The first-order valence-electron chi connectivity index (χ1n) is 5.71. The number of hydrogen-bond donors (Lipinski definition) is 2. The molecule has 20 heavy (non-hydrogen) atoms. The summed E-state index contributed by atoms with van der Waals surface area (Å²) in [7, 11) is 0. The first-order chi connectivity index (χ1) is 9.40. The van der Waals surface area contributed by atoms with Crippen LogP contribution >= 0.6 is 11.6 Å². The predicted octanol–water partition coefficient (Wildman–Crippen LogP) is 2.96. The second kappa shape index (κ2) is 5.42. The van der Waals surface area contributed by atoms with Crippen molar-refractivity contribution in [3.05, 3.63) is 45.9 Å². The molecule has 0 saturated heterocycles. The average Bonchev–Trinajstić information content (AvgIpc) is 2.38. The fraction of sp³-hybridized carbons (Fsp3) is 0.154. The number of nitrogen functional groups attached to an aromatic ring is 1. The van der Waals surface area contributed by atoms with E-state index in [9.17, 15) is 4.39 Å². The Morgan fingerprint density at radius 1 is 1.35 bits per heavy atom. The molecular formula is C13H12ClFN4O. The monoisotopic (exact) mass is 294 g/mol. The lowest BCUT2D eigenvalue weighted by molar-refractivity contribution is 0.451. The van der Waals surface area contributed by atoms with Crippen molar-refractivity contribution in [2.75, 3.05) is 0 Å². The van der Waals surface area contributed by atoms with Crippen molar-refractivity contribution in [3.8, 4) is 11.6 Å². The average molecular weight is 295 g/mol. The Hall–Kier alpha value is -2.21. The number of benzene rings is 1. The van der Waals surface area contributed by atoms with Crippen LogP contribution in [0.1, 0.15) is 16.8 Å². The van der Waals surface area contributed by atoms with Crippen LogP contribution in [0.25, 0.3) is 0 Å². The summed E-state index contributed by atoms with van der Waals surface area (Å²) in [6.45, 7) is 3.53. The third-order valence-corrected chi connectivity index (χ3v) is 3.09. The number of amidine groups is 1. The van der Waals surface area contributed by atoms with Gasteiger partial charge in [-0.1, -0.05) is 11.6 Å². The molecule has 0 aliphatic carbocycles. The normalized spacial score (nSPS) is 10.4. The first kappa shape index (κ1) is 14.2. The molecule has 0 unspecified atom stereocenters. The van der Waals surface area contributed by atoms with Crippen molar-refractivity contribution in [2.45, 2.75) is 13.8 Å². The molecule has 2 rings (SSSR count). The summed E-state index contributed by atoms with van der Waals surface area (Å²) in [5.41, 5.74) is 7.26. The number of aryl methyl sites for hydroxylation is 1. The molecule has 0 fully saturated rings. The van der Waals surface area contributed by atoms with Crippen molar-refractivity contribution >= 4 is 17.4 Å². The number of nitrogens with zero attached hydrogens (tertiary/aromatic N) is 2. The Morgan fingerprint density at radius 2 is 2.05 bits per heavy atom. The second-order valence-electron chi connectivity index (χ2n) is 4.18. The van der Waals surface area contributed by atoms with Gasteiger partial charge < -0.3 is 10.5 Å². The van der Waals surface area contributed by atoms with E-state index in [0.29, 0.717) is 16.8 Å². The number of hydrogen-bond acceptors (Lipinski definition) is 4. The minimum Gasteiger partial charge on any atom is -0.437 e. The predicted molar refractivity (Wildman–Crippen MR) is 74.0 cm³/mol. The number of ether oxygens (including phenoxy) is 1. The van der Waals surface area contributed by atoms with E-state index in [2.05, 4.69) is 10.2 Å². The summed E-state index contributed by atoms with van der Waals surface area (Å²) >= 11 is 5.68. The van der Waals surface area contributed by atoms with E-state index in [1.54, 1.807) is 13.8 Å². The highest BCUT2D eigenvalue weighted by Crippen LogP contribution is 2.28. The van der Waals surface area contributed by atoms with Crippen LogP contribution in [0.3, 0.4) is 0 Å². The zero-order valence-electron chi connectivity index (χ0n) is 10.9. The standard InChI is InChI=1S/C13H12ClFN4O/c1-6-7(2)18-19-13(11(6)12(16)17)20-8-3-4-10(15)9(14)5-8/h3-5H,1-2H3,(H3,16,17). The summed E-state index contributed by atoms with van der Waals surface area (Å²) in [5.74, 6) is -0.347. The molecule has 7 heteroatoms. The highest BCUT2D eigenvalue weighted by atomic mass is 35.5. The molecule has 2 aromatic rings. The quantitative estimate of drug-likeness (QED) is 0.673. The zero-order valence-corrected chi connectivity index (χ0v) is 11.6. The van der Waals surface area contributed by atoms with Gasteiger partial charge in [-0.3, -0.25) is 5.41 Å². The molecule has 0 amide bonds. The SMILES string of the molecule is Cc1nnc(Oc2ccc(F)c(Cl)c2)c(C(=N)N)c1C. The molecule has 0 saturated carbocycles. The third kappa shape index (κ3) is 2.70. The van der Waals surface area contributed by atoms with Gasteiger partial charge >= 0.3 is 0 Å². The molecule has 1 aromatic carbocycles. The largest absolute Gasteiger partial charge is 0.437 e. The molecule has 3 N–H and O–H groups in total. The van der Waals surface area contributed by atoms with Crippen LogP contribution in [0, 0.1) is 25.1 Å². The second-order valence-corrected chi connectivity index (χ2v) is 4.59. The molecule has 0 aliphatic heterocycles. The third-order valence-electron chi connectivity index (χ3n) is 2.80. The van der Waals surface area contributed by atoms with E-state index in [1.807, 2.05) is 0 Å². The summed E-state index contributed by atoms with van der Waals surface area (Å²) in [6.07, 6.45) is 0. The molecule has 0 bridgehead atoms. The fourth-order valence-corrected chi connectivity index (χ4v) is 1.80. The minimum atomic E-state index is -0.544. The van der Waals surface area contributed by atoms with Gasteiger partial charge in [0.05, 0.1) is 16.3 Å². The number of rotatable bonds is 3. The molecule has 5 nitrogen and oxygen atoms in total. The van der Waals surface area contributed by atoms with Crippen LogP contribution < -0.4 is 10.5 Å². The van der Waals surface area contributed by atoms with E-state index >= 15 is 0 Å². The maximum atomic E-state index is 13.1. The van der Waals surface area contributed by atoms with Gasteiger partial charge in [0.15, 0.2) is 0 Å². The summed E-state index contributed by atoms with van der Waals surface area (Å²) in [4.78, 5) is 0. The van der Waals surface area contributed by atoms with E-state index < -0.39 is 5.82 Å². The van der Waals surface area contributed by atoms with Gasteiger partial charge in [0.1, 0.15) is 17.4 Å². The maximum absolute atomic E-state index is 13.1. The lowest BCUT2D eigenvalue weighted by Crippen LogP contribution is -2.16. The van der Waals surface area contributed by atoms with E-state index in [4.69, 9.17) is 27.5 Å². The number of nitrogens with two attached hydrogens (primary N) is 1. The van der Waals surface area contributed by atoms with Crippen molar-refractivity contribution in [3.63, 3.8) is 0 Å². The van der Waals surface area contributed by atoms with Crippen molar-refractivity contribution < 1.29 is 9.13 Å². The Kier molecular flexibility index (Phi) is 3.85. The van der Waals surface area contributed by atoms with Crippen LogP contribution in [0.4, 0.5) is 4.39 Å². The number of nitrogens with one attached hydrogen (secondary N) is 1. The van der Waals surface area contributed by atoms with Crippen LogP contribution in [-0.4, -0.2) is 16.0 Å². The molecule has 1 aromatic heterocycles. The van der Waals surface area contributed by atoms with E-state index in [1.165, 1.54) is 18.2 Å². The number of aromatic nitrogens is 2. The first-order valence-corrected chi connectivity index (χ1v) is 6.09. The topological polar surface area (TPSA) is 84.9 Å². The van der Waals surface area contributed by atoms with Crippen LogP contribution in [0.15, 0.2) is 18.2 Å². The smallest absolute Gasteiger partial charge is 0.250 e. The van der Waals surface area contributed by atoms with Gasteiger partial charge in [-0.2, -0.15) is 5.10 Å². The van der Waals surface area contributed by atoms with E-state index in [-0.39, 0.29) is 22.5 Å². The van der Waals surface area contributed by atoms with Gasteiger partial charge in [-0.05, 0) is 31.5 Å². The molecule has 0 atom stereocenters. The minimum absolute atomic E-state index is 0.0660. The molecule has 0 radical (unpaired) electrons. The van der Waals surface area contributed by atoms with Gasteiger partial charge in [-0.15, -0.1) is 5.10 Å². The zero-order chi connectivity index (χ0) is 14.9. The Balaban J connectivity index is 2.45. The van der Waals surface area contributed by atoms with Crippen LogP contribution in [0.5, 0.6) is 11.6 Å². The summed E-state index contributed by atoms with van der Waals surface area (Å²) in [6, 6.07) is 3.90. The van der Waals surface area contributed by atoms with Crippen LogP contribution in [0.2, 0.25) is 5.02 Å². The highest BCUT2D eigenvalue weighted by molar-refractivity contribution is 6.30. The Bertz CT molecular complexity index is 690. The van der Waals surface area contributed by atoms with Crippen LogP contribution in [-0.2, 0) is 0 Å². The van der Waals surface area contributed by atoms with Gasteiger partial charge in [0.25, 0.3) is 0 Å². The fourth-order valence-electron chi connectivity index (χ4n) is 1.63. The molecule has 0 aliphatic rings. The Morgan fingerprint density at radius 3 is 2.65 bits per heavy atom. The molecular weight excluding hydrogens is 283 g/mol. The lowest BCUT2D eigenvalue weighted by atomic mass is 10.1. The Labute approximate surface area is 120 Å².